The Morgan fingerprint density at radius 3 is 2.59 bits per heavy atom. The molecule has 1 rings (SSSR count). The molecule has 0 saturated carbocycles. The number of nitro benzene ring substituents is 1. The number of aryl methyl sites for hydroxylation is 1. The molecule has 0 radical (unpaired) electrons. The molecule has 6 heteroatoms. The van der Waals surface area contributed by atoms with Gasteiger partial charge in [0.1, 0.15) is 0 Å². The minimum Gasteiger partial charge on any atom is -0.393 e. The van der Waals surface area contributed by atoms with Crippen molar-refractivity contribution in [1.29, 1.82) is 0 Å². The van der Waals surface area contributed by atoms with Gasteiger partial charge in [-0.05, 0) is 31.2 Å². The van der Waals surface area contributed by atoms with Crippen molar-refractivity contribution in [3.8, 4) is 0 Å². The largest absolute Gasteiger partial charge is 0.393 e. The first kappa shape index (κ1) is 18.1. The fraction of sp³-hybridized carbons (Fsp3) is 0.562. The maximum Gasteiger partial charge on any atom is 0.273 e. The van der Waals surface area contributed by atoms with E-state index in [1.165, 1.54) is 6.07 Å². The van der Waals surface area contributed by atoms with Crippen molar-refractivity contribution in [1.82, 2.24) is 5.32 Å². The number of aliphatic hydroxyl groups excluding tert-OH is 1. The third kappa shape index (κ3) is 5.11. The SMILES string of the molecule is CCc1ccc(C(=O)NCC(C)(C)CC(C)O)cc1[N+](=O)[O-]. The molecule has 0 saturated heterocycles. The number of hydrogen-bond donors (Lipinski definition) is 2. The Morgan fingerprint density at radius 2 is 2.09 bits per heavy atom. The molecule has 0 aliphatic carbocycles. The molecule has 0 bridgehead atoms. The Hall–Kier alpha value is -1.95. The molecule has 22 heavy (non-hydrogen) atoms. The van der Waals surface area contributed by atoms with Crippen molar-refractivity contribution >= 4 is 11.6 Å². The van der Waals surface area contributed by atoms with Crippen LogP contribution in [0.3, 0.4) is 0 Å². The molecule has 0 spiro atoms. The number of rotatable bonds is 7. The van der Waals surface area contributed by atoms with Crippen LogP contribution in [-0.2, 0) is 6.42 Å². The van der Waals surface area contributed by atoms with Gasteiger partial charge in [-0.2, -0.15) is 0 Å². The molecule has 1 atom stereocenters. The number of nitrogens with zero attached hydrogens (tertiary/aromatic N) is 1. The van der Waals surface area contributed by atoms with E-state index in [-0.39, 0.29) is 22.6 Å². The van der Waals surface area contributed by atoms with Gasteiger partial charge in [0.2, 0.25) is 0 Å². The Kier molecular flexibility index (Phi) is 6.05. The van der Waals surface area contributed by atoms with Crippen LogP contribution in [0.4, 0.5) is 5.69 Å². The lowest BCUT2D eigenvalue weighted by Crippen LogP contribution is -2.35. The van der Waals surface area contributed by atoms with Crippen LogP contribution in [0.2, 0.25) is 0 Å². The molecular weight excluding hydrogens is 284 g/mol. The summed E-state index contributed by atoms with van der Waals surface area (Å²) in [6.07, 6.45) is 0.652. The second-order valence-corrected chi connectivity index (χ2v) is 6.35. The number of nitrogens with one attached hydrogen (secondary N) is 1. The lowest BCUT2D eigenvalue weighted by molar-refractivity contribution is -0.385. The van der Waals surface area contributed by atoms with E-state index in [0.717, 1.165) is 0 Å². The second kappa shape index (κ2) is 7.35. The lowest BCUT2D eigenvalue weighted by atomic mass is 9.87. The van der Waals surface area contributed by atoms with E-state index < -0.39 is 11.0 Å². The molecule has 1 unspecified atom stereocenters. The van der Waals surface area contributed by atoms with Crippen LogP contribution in [-0.4, -0.2) is 28.6 Å². The number of amides is 1. The van der Waals surface area contributed by atoms with Crippen molar-refractivity contribution in [2.45, 2.75) is 46.6 Å². The van der Waals surface area contributed by atoms with E-state index in [0.29, 0.717) is 24.9 Å². The smallest absolute Gasteiger partial charge is 0.273 e. The first-order chi connectivity index (χ1) is 10.2. The summed E-state index contributed by atoms with van der Waals surface area (Å²) in [5, 5.41) is 23.3. The minimum absolute atomic E-state index is 0.0293. The molecule has 122 valence electrons. The molecule has 0 aliphatic heterocycles. The number of carbonyl (C=O) groups excluding carboxylic acids is 1. The minimum atomic E-state index is -0.465. The molecule has 6 nitrogen and oxygen atoms in total. The van der Waals surface area contributed by atoms with E-state index in [4.69, 9.17) is 0 Å². The third-order valence-corrected chi connectivity index (χ3v) is 3.50. The fourth-order valence-electron chi connectivity index (χ4n) is 2.47. The lowest BCUT2D eigenvalue weighted by Gasteiger charge is -2.26. The molecule has 1 aromatic carbocycles. The van der Waals surface area contributed by atoms with Crippen molar-refractivity contribution in [2.24, 2.45) is 5.41 Å². The normalized spacial score (nSPS) is 12.8. The van der Waals surface area contributed by atoms with Crippen molar-refractivity contribution in [2.75, 3.05) is 6.54 Å². The molecule has 2 N–H and O–H groups in total. The highest BCUT2D eigenvalue weighted by atomic mass is 16.6. The molecule has 1 amide bonds. The standard InChI is InChI=1S/C16H24N2O4/c1-5-12-6-7-13(8-14(12)18(21)22)15(20)17-10-16(3,4)9-11(2)19/h6-8,11,19H,5,9-10H2,1-4H3,(H,17,20). The Bertz CT molecular complexity index is 553. The van der Waals surface area contributed by atoms with E-state index in [2.05, 4.69) is 5.32 Å². The summed E-state index contributed by atoms with van der Waals surface area (Å²) < 4.78 is 0. The molecular formula is C16H24N2O4. The maximum atomic E-state index is 12.2. The summed E-state index contributed by atoms with van der Waals surface area (Å²) in [7, 11) is 0. The second-order valence-electron chi connectivity index (χ2n) is 6.35. The summed E-state index contributed by atoms with van der Waals surface area (Å²) in [6.45, 7) is 7.82. The van der Waals surface area contributed by atoms with Crippen molar-refractivity contribution in [3.05, 3.63) is 39.4 Å². The van der Waals surface area contributed by atoms with Crippen LogP contribution in [0.5, 0.6) is 0 Å². The molecule has 1 aromatic rings. The van der Waals surface area contributed by atoms with Gasteiger partial charge in [-0.15, -0.1) is 0 Å². The summed E-state index contributed by atoms with van der Waals surface area (Å²) in [5.74, 6) is -0.343. The number of hydrogen-bond acceptors (Lipinski definition) is 4. The summed E-state index contributed by atoms with van der Waals surface area (Å²) >= 11 is 0. The molecule has 0 fully saturated rings. The number of nitro groups is 1. The highest BCUT2D eigenvalue weighted by Gasteiger charge is 2.22. The van der Waals surface area contributed by atoms with E-state index >= 15 is 0 Å². The van der Waals surface area contributed by atoms with Gasteiger partial charge in [0.15, 0.2) is 0 Å². The summed E-state index contributed by atoms with van der Waals surface area (Å²) in [4.78, 5) is 22.7. The average Bonchev–Trinajstić information content (AvgIpc) is 2.42. The first-order valence-electron chi connectivity index (χ1n) is 7.40. The Labute approximate surface area is 130 Å². The summed E-state index contributed by atoms with van der Waals surface area (Å²) in [5.41, 5.74) is 0.602. The van der Waals surface area contributed by atoms with Crippen LogP contribution >= 0.6 is 0 Å². The zero-order valence-corrected chi connectivity index (χ0v) is 13.5. The van der Waals surface area contributed by atoms with Gasteiger partial charge in [0, 0.05) is 23.7 Å². The predicted octanol–water partition coefficient (Wildman–Crippen LogP) is 2.68. The van der Waals surface area contributed by atoms with Gasteiger partial charge >= 0.3 is 0 Å². The summed E-state index contributed by atoms with van der Waals surface area (Å²) in [6, 6.07) is 4.53. The molecule has 0 aromatic heterocycles. The van der Waals surface area contributed by atoms with Crippen LogP contribution in [0.15, 0.2) is 18.2 Å². The van der Waals surface area contributed by atoms with Gasteiger partial charge in [-0.3, -0.25) is 14.9 Å². The van der Waals surface area contributed by atoms with E-state index in [1.54, 1.807) is 19.1 Å². The predicted molar refractivity (Wildman–Crippen MR) is 84.9 cm³/mol. The third-order valence-electron chi connectivity index (χ3n) is 3.50. The van der Waals surface area contributed by atoms with Gasteiger partial charge < -0.3 is 10.4 Å². The molecule has 0 aliphatic rings. The zero-order valence-electron chi connectivity index (χ0n) is 13.5. The number of benzene rings is 1. The maximum absolute atomic E-state index is 12.2. The monoisotopic (exact) mass is 308 g/mol. The topological polar surface area (TPSA) is 92.5 Å². The Morgan fingerprint density at radius 1 is 1.45 bits per heavy atom. The van der Waals surface area contributed by atoms with Crippen LogP contribution in [0.1, 0.15) is 50.0 Å². The number of carbonyl (C=O) groups is 1. The van der Waals surface area contributed by atoms with Crippen molar-refractivity contribution in [3.63, 3.8) is 0 Å². The highest BCUT2D eigenvalue weighted by Crippen LogP contribution is 2.23. The van der Waals surface area contributed by atoms with Crippen LogP contribution < -0.4 is 5.32 Å². The van der Waals surface area contributed by atoms with E-state index in [1.807, 2.05) is 20.8 Å². The Balaban J connectivity index is 2.82. The quantitative estimate of drug-likeness (QED) is 0.598. The highest BCUT2D eigenvalue weighted by molar-refractivity contribution is 5.95. The fourth-order valence-corrected chi connectivity index (χ4v) is 2.47. The van der Waals surface area contributed by atoms with Crippen LogP contribution in [0.25, 0.3) is 0 Å². The number of aliphatic hydroxyl groups is 1. The van der Waals surface area contributed by atoms with Gasteiger partial charge in [0.25, 0.3) is 11.6 Å². The van der Waals surface area contributed by atoms with Crippen molar-refractivity contribution < 1.29 is 14.8 Å². The van der Waals surface area contributed by atoms with E-state index in [9.17, 15) is 20.0 Å². The van der Waals surface area contributed by atoms with Crippen LogP contribution in [0, 0.1) is 15.5 Å². The van der Waals surface area contributed by atoms with Gasteiger partial charge in [-0.25, -0.2) is 0 Å². The van der Waals surface area contributed by atoms with Gasteiger partial charge in [0.05, 0.1) is 11.0 Å². The first-order valence-corrected chi connectivity index (χ1v) is 7.40. The average molecular weight is 308 g/mol. The van der Waals surface area contributed by atoms with Gasteiger partial charge in [-0.1, -0.05) is 26.8 Å². The zero-order chi connectivity index (χ0) is 16.9. The molecule has 0 heterocycles.